The zero-order chi connectivity index (χ0) is 11.8. The number of unbranched alkanes of at least 4 members (excludes halogenated alkanes) is 2. The smallest absolute Gasteiger partial charge is 0.314 e. The molecule has 0 aromatic heterocycles. The summed E-state index contributed by atoms with van der Waals surface area (Å²) in [6.45, 7) is 1.25. The predicted octanol–water partition coefficient (Wildman–Crippen LogP) is 0.190. The van der Waals surface area contributed by atoms with Crippen LogP contribution in [-0.2, 0) is 9.59 Å². The first-order valence-corrected chi connectivity index (χ1v) is 5.10. The van der Waals surface area contributed by atoms with Gasteiger partial charge in [0.2, 0.25) is 0 Å². The van der Waals surface area contributed by atoms with Crippen LogP contribution in [0.25, 0.3) is 0 Å². The van der Waals surface area contributed by atoms with Gasteiger partial charge in [0.25, 0.3) is 0 Å². The molecule has 0 fully saturated rings. The maximum Gasteiger partial charge on any atom is 0.314 e. The van der Waals surface area contributed by atoms with Gasteiger partial charge in [0.1, 0.15) is 12.0 Å². The summed E-state index contributed by atoms with van der Waals surface area (Å²) in [6, 6.07) is 0. The first kappa shape index (κ1) is 14.1. The lowest BCUT2D eigenvalue weighted by Crippen LogP contribution is -2.35. The molecule has 2 unspecified atom stereocenters. The van der Waals surface area contributed by atoms with E-state index in [4.69, 9.17) is 15.3 Å². The molecule has 0 aliphatic carbocycles. The lowest BCUT2D eigenvalue weighted by atomic mass is 9.94. The second kappa shape index (κ2) is 7.36. The van der Waals surface area contributed by atoms with Gasteiger partial charge in [-0.2, -0.15) is 0 Å². The van der Waals surface area contributed by atoms with Crippen LogP contribution < -0.4 is 0 Å². The number of aliphatic carboxylic acids is 1. The van der Waals surface area contributed by atoms with E-state index in [-0.39, 0.29) is 6.42 Å². The Bertz CT molecular complexity index is 214. The number of carboxylic acid groups (broad SMARTS) is 1. The molecule has 0 aliphatic heterocycles. The molecule has 0 heterocycles. The molecule has 0 aliphatic rings. The van der Waals surface area contributed by atoms with Crippen LogP contribution in [0.2, 0.25) is 0 Å². The SMILES string of the molecule is CCCCCC(C(=O)O)C(=O)C(O)CO. The Morgan fingerprint density at radius 1 is 1.27 bits per heavy atom. The van der Waals surface area contributed by atoms with Gasteiger partial charge in [0.15, 0.2) is 5.78 Å². The maximum absolute atomic E-state index is 11.3. The summed E-state index contributed by atoms with van der Waals surface area (Å²) in [7, 11) is 0. The molecular formula is C10H18O5. The van der Waals surface area contributed by atoms with Crippen molar-refractivity contribution >= 4 is 11.8 Å². The number of rotatable bonds is 8. The fraction of sp³-hybridized carbons (Fsp3) is 0.800. The van der Waals surface area contributed by atoms with Gasteiger partial charge in [-0.1, -0.05) is 26.2 Å². The molecule has 0 amide bonds. The lowest BCUT2D eigenvalue weighted by molar-refractivity contribution is -0.150. The number of carbonyl (C=O) groups excluding carboxylic acids is 1. The quantitative estimate of drug-likeness (QED) is 0.399. The highest BCUT2D eigenvalue weighted by atomic mass is 16.4. The average molecular weight is 218 g/mol. The molecule has 0 saturated heterocycles. The molecule has 0 spiro atoms. The Morgan fingerprint density at radius 3 is 2.27 bits per heavy atom. The molecule has 3 N–H and O–H groups in total. The second-order valence-electron chi connectivity index (χ2n) is 3.49. The fourth-order valence-corrected chi connectivity index (χ4v) is 1.31. The highest BCUT2D eigenvalue weighted by molar-refractivity contribution is 6.00. The number of hydrogen-bond acceptors (Lipinski definition) is 4. The molecule has 2 atom stereocenters. The number of ketones is 1. The summed E-state index contributed by atoms with van der Waals surface area (Å²) in [4.78, 5) is 22.1. The fourth-order valence-electron chi connectivity index (χ4n) is 1.31. The normalized spacial score (nSPS) is 14.6. The zero-order valence-corrected chi connectivity index (χ0v) is 8.85. The topological polar surface area (TPSA) is 94.8 Å². The third-order valence-corrected chi connectivity index (χ3v) is 2.24. The van der Waals surface area contributed by atoms with Crippen molar-refractivity contribution in [3.63, 3.8) is 0 Å². The average Bonchev–Trinajstić information content (AvgIpc) is 2.22. The Balaban J connectivity index is 4.26. The summed E-state index contributed by atoms with van der Waals surface area (Å²) >= 11 is 0. The maximum atomic E-state index is 11.3. The molecule has 0 aromatic rings. The van der Waals surface area contributed by atoms with E-state index in [0.717, 1.165) is 12.8 Å². The van der Waals surface area contributed by atoms with Crippen molar-refractivity contribution in [2.45, 2.75) is 38.7 Å². The van der Waals surface area contributed by atoms with E-state index in [0.29, 0.717) is 6.42 Å². The molecule has 0 bridgehead atoms. The van der Waals surface area contributed by atoms with Crippen molar-refractivity contribution in [2.75, 3.05) is 6.61 Å². The standard InChI is InChI=1S/C10H18O5/c1-2-3-4-5-7(10(14)15)9(13)8(12)6-11/h7-8,11-12H,2-6H2,1H3,(H,14,15). The van der Waals surface area contributed by atoms with E-state index in [1.165, 1.54) is 0 Å². The van der Waals surface area contributed by atoms with Gasteiger partial charge in [-0.3, -0.25) is 9.59 Å². The number of carbonyl (C=O) groups is 2. The van der Waals surface area contributed by atoms with E-state index < -0.39 is 30.4 Å². The van der Waals surface area contributed by atoms with Crippen LogP contribution in [0.1, 0.15) is 32.6 Å². The molecule has 0 rings (SSSR count). The molecule has 88 valence electrons. The van der Waals surface area contributed by atoms with Crippen molar-refractivity contribution in [2.24, 2.45) is 5.92 Å². The molecular weight excluding hydrogens is 200 g/mol. The van der Waals surface area contributed by atoms with Crippen LogP contribution in [0.5, 0.6) is 0 Å². The van der Waals surface area contributed by atoms with E-state index in [1.54, 1.807) is 0 Å². The van der Waals surface area contributed by atoms with Gasteiger partial charge in [0.05, 0.1) is 6.61 Å². The molecule has 0 saturated carbocycles. The zero-order valence-electron chi connectivity index (χ0n) is 8.85. The van der Waals surface area contributed by atoms with E-state index in [1.807, 2.05) is 6.92 Å². The predicted molar refractivity (Wildman–Crippen MR) is 53.4 cm³/mol. The highest BCUT2D eigenvalue weighted by Crippen LogP contribution is 2.13. The minimum atomic E-state index is -1.58. The van der Waals surface area contributed by atoms with Crippen LogP contribution in [-0.4, -0.2) is 39.8 Å². The lowest BCUT2D eigenvalue weighted by Gasteiger charge is -2.13. The molecule has 5 nitrogen and oxygen atoms in total. The number of Topliss-reactive ketones (excluding diaryl/α,β-unsaturated/α-hetero) is 1. The third kappa shape index (κ3) is 4.90. The van der Waals surface area contributed by atoms with Crippen LogP contribution in [0, 0.1) is 5.92 Å². The van der Waals surface area contributed by atoms with Gasteiger partial charge in [0, 0.05) is 0 Å². The minimum Gasteiger partial charge on any atom is -0.481 e. The van der Waals surface area contributed by atoms with Crippen molar-refractivity contribution in [1.82, 2.24) is 0 Å². The van der Waals surface area contributed by atoms with E-state index in [2.05, 4.69) is 0 Å². The van der Waals surface area contributed by atoms with E-state index >= 15 is 0 Å². The van der Waals surface area contributed by atoms with Crippen LogP contribution in [0.15, 0.2) is 0 Å². The Kier molecular flexibility index (Phi) is 6.90. The van der Waals surface area contributed by atoms with Crippen LogP contribution in [0.4, 0.5) is 0 Å². The van der Waals surface area contributed by atoms with E-state index in [9.17, 15) is 9.59 Å². The third-order valence-electron chi connectivity index (χ3n) is 2.24. The van der Waals surface area contributed by atoms with Crippen molar-refractivity contribution < 1.29 is 24.9 Å². The summed E-state index contributed by atoms with van der Waals surface area (Å²) in [6.07, 6.45) is 1.07. The highest BCUT2D eigenvalue weighted by Gasteiger charge is 2.30. The Labute approximate surface area is 88.7 Å². The minimum absolute atomic E-state index is 0.221. The first-order valence-electron chi connectivity index (χ1n) is 5.10. The molecule has 0 aromatic carbocycles. The number of aliphatic hydroxyl groups is 2. The number of hydrogen-bond donors (Lipinski definition) is 3. The van der Waals surface area contributed by atoms with Crippen LogP contribution in [0.3, 0.4) is 0 Å². The van der Waals surface area contributed by atoms with Gasteiger partial charge in [-0.05, 0) is 6.42 Å². The van der Waals surface area contributed by atoms with Gasteiger partial charge in [-0.15, -0.1) is 0 Å². The van der Waals surface area contributed by atoms with Gasteiger partial charge >= 0.3 is 5.97 Å². The van der Waals surface area contributed by atoms with Crippen LogP contribution >= 0.6 is 0 Å². The Morgan fingerprint density at radius 2 is 1.87 bits per heavy atom. The largest absolute Gasteiger partial charge is 0.481 e. The monoisotopic (exact) mass is 218 g/mol. The second-order valence-corrected chi connectivity index (χ2v) is 3.49. The van der Waals surface area contributed by atoms with Gasteiger partial charge in [-0.25, -0.2) is 0 Å². The summed E-state index contributed by atoms with van der Waals surface area (Å²) in [5, 5.41) is 26.4. The van der Waals surface area contributed by atoms with Gasteiger partial charge < -0.3 is 15.3 Å². The number of carboxylic acids is 1. The molecule has 15 heavy (non-hydrogen) atoms. The summed E-state index contributed by atoms with van der Waals surface area (Å²) in [5.74, 6) is -3.23. The molecule has 0 radical (unpaired) electrons. The number of aliphatic hydroxyl groups excluding tert-OH is 2. The molecule has 5 heteroatoms. The first-order chi connectivity index (χ1) is 7.04. The van der Waals surface area contributed by atoms with Crippen molar-refractivity contribution in [3.8, 4) is 0 Å². The van der Waals surface area contributed by atoms with Crippen molar-refractivity contribution in [3.05, 3.63) is 0 Å². The summed E-state index contributed by atoms with van der Waals surface area (Å²) < 4.78 is 0. The Hall–Kier alpha value is -0.940. The summed E-state index contributed by atoms with van der Waals surface area (Å²) in [5.41, 5.74) is 0. The van der Waals surface area contributed by atoms with Crippen molar-refractivity contribution in [1.29, 1.82) is 0 Å².